The van der Waals surface area contributed by atoms with Crippen LogP contribution in [-0.2, 0) is 29.3 Å². The molecule has 8 nitrogen and oxygen atoms in total. The number of rotatable bonds is 8. The molecule has 0 spiro atoms. The van der Waals surface area contributed by atoms with Gasteiger partial charge in [0.05, 0.1) is 32.4 Å². The molecule has 0 aliphatic carbocycles. The van der Waals surface area contributed by atoms with Crippen LogP contribution in [0.4, 0.5) is 0 Å². The molecule has 0 atom stereocenters. The number of carbonyl (C=O) groups is 1. The van der Waals surface area contributed by atoms with Crippen LogP contribution >= 0.6 is 0 Å². The van der Waals surface area contributed by atoms with Crippen molar-refractivity contribution in [3.8, 4) is 5.75 Å². The Labute approximate surface area is 142 Å². The number of aromatic nitrogens is 1. The molecule has 1 rings (SSSR count). The first-order chi connectivity index (χ1) is 11.3. The Morgan fingerprint density at radius 2 is 2.17 bits per heavy atom. The number of nitrogens with two attached hydrogens (primary N) is 1. The Balaban J connectivity index is 2.91. The maximum absolute atomic E-state index is 11.1. The third-order valence-electron chi connectivity index (χ3n) is 3.30. The smallest absolute Gasteiger partial charge is 0.191 e. The van der Waals surface area contributed by atoms with Gasteiger partial charge >= 0.3 is 0 Å². The molecule has 24 heavy (non-hydrogen) atoms. The lowest BCUT2D eigenvalue weighted by molar-refractivity contribution is -0.117. The Bertz CT molecular complexity index is 602. The number of aliphatic hydroxyl groups is 1. The first-order valence-electron chi connectivity index (χ1n) is 7.67. The number of aromatic hydroxyl groups is 1. The average Bonchev–Trinajstić information content (AvgIpc) is 2.50. The monoisotopic (exact) mass is 338 g/mol. The van der Waals surface area contributed by atoms with Crippen LogP contribution in [0.15, 0.2) is 11.2 Å². The van der Waals surface area contributed by atoms with E-state index in [1.54, 1.807) is 13.2 Å². The molecule has 0 amide bonds. The maximum Gasteiger partial charge on any atom is 0.191 e. The van der Waals surface area contributed by atoms with Crippen molar-refractivity contribution in [1.29, 1.82) is 0 Å². The Kier molecular flexibility index (Phi) is 7.60. The van der Waals surface area contributed by atoms with Gasteiger partial charge in [0.2, 0.25) is 0 Å². The van der Waals surface area contributed by atoms with Crippen molar-refractivity contribution < 1.29 is 19.7 Å². The molecule has 134 valence electrons. The van der Waals surface area contributed by atoms with Gasteiger partial charge in [0.1, 0.15) is 17.2 Å². The molecular formula is C16H26N4O4. The zero-order chi connectivity index (χ0) is 18.3. The molecule has 0 saturated heterocycles. The number of ketones is 1. The van der Waals surface area contributed by atoms with E-state index in [1.807, 2.05) is 13.8 Å². The number of hydrogen-bond acceptors (Lipinski definition) is 6. The largest absolute Gasteiger partial charge is 0.506 e. The van der Waals surface area contributed by atoms with Gasteiger partial charge in [0, 0.05) is 24.4 Å². The van der Waals surface area contributed by atoms with Crippen molar-refractivity contribution in [2.75, 3.05) is 13.6 Å². The molecule has 0 fully saturated rings. The Morgan fingerprint density at radius 1 is 1.50 bits per heavy atom. The third kappa shape index (κ3) is 5.78. The standard InChI is InChI=1S/C16H26N4O4/c1-10(2)24-9-12-5-18-14(15(23)13(12)8-21)6-19-16(17)20(4)7-11(3)22/h5,10,21,23H,6-9H2,1-4H3,(H2,17,19). The van der Waals surface area contributed by atoms with E-state index in [1.165, 1.54) is 11.8 Å². The lowest BCUT2D eigenvalue weighted by atomic mass is 10.1. The lowest BCUT2D eigenvalue weighted by Gasteiger charge is -2.16. The number of aliphatic hydroxyl groups excluding tert-OH is 1. The van der Waals surface area contributed by atoms with Crippen LogP contribution in [0, 0.1) is 0 Å². The molecule has 0 unspecified atom stereocenters. The van der Waals surface area contributed by atoms with Gasteiger partial charge in [-0.05, 0) is 20.8 Å². The highest BCUT2D eigenvalue weighted by molar-refractivity contribution is 5.85. The van der Waals surface area contributed by atoms with Crippen LogP contribution in [-0.4, -0.2) is 51.5 Å². The summed E-state index contributed by atoms with van der Waals surface area (Å²) in [6, 6.07) is 0. The molecule has 0 saturated carbocycles. The summed E-state index contributed by atoms with van der Waals surface area (Å²) in [5.74, 6) is 0.0194. The van der Waals surface area contributed by atoms with E-state index in [2.05, 4.69) is 9.98 Å². The van der Waals surface area contributed by atoms with Crippen molar-refractivity contribution in [2.45, 2.75) is 46.6 Å². The molecule has 0 aromatic carbocycles. The average molecular weight is 338 g/mol. The number of likely N-dealkylation sites (N-methyl/N-ethyl adjacent to an activating group) is 1. The number of nitrogens with zero attached hydrogens (tertiary/aromatic N) is 3. The van der Waals surface area contributed by atoms with Crippen molar-refractivity contribution in [3.05, 3.63) is 23.0 Å². The number of guanidine groups is 1. The molecule has 0 bridgehead atoms. The van der Waals surface area contributed by atoms with Gasteiger partial charge in [-0.15, -0.1) is 0 Å². The van der Waals surface area contributed by atoms with E-state index in [9.17, 15) is 15.0 Å². The summed E-state index contributed by atoms with van der Waals surface area (Å²) in [5, 5.41) is 19.8. The van der Waals surface area contributed by atoms with Gasteiger partial charge < -0.3 is 25.6 Å². The van der Waals surface area contributed by atoms with E-state index >= 15 is 0 Å². The van der Waals surface area contributed by atoms with Crippen molar-refractivity contribution in [3.63, 3.8) is 0 Å². The molecule has 8 heteroatoms. The first-order valence-corrected chi connectivity index (χ1v) is 7.67. The van der Waals surface area contributed by atoms with Gasteiger partial charge in [0.25, 0.3) is 0 Å². The summed E-state index contributed by atoms with van der Waals surface area (Å²) in [6.45, 7) is 5.37. The maximum atomic E-state index is 11.1. The topological polar surface area (TPSA) is 121 Å². The SMILES string of the molecule is CC(=O)CN(C)C(N)=NCc1ncc(COC(C)C)c(CO)c1O. The number of Topliss-reactive ketones (excluding diaryl/α,β-unsaturated/α-hetero) is 1. The van der Waals surface area contributed by atoms with Crippen LogP contribution in [0.2, 0.25) is 0 Å². The summed E-state index contributed by atoms with van der Waals surface area (Å²) in [7, 11) is 1.65. The second-order valence-corrected chi connectivity index (χ2v) is 5.81. The van der Waals surface area contributed by atoms with Crippen LogP contribution in [0.3, 0.4) is 0 Å². The van der Waals surface area contributed by atoms with Gasteiger partial charge in [-0.1, -0.05) is 0 Å². The fourth-order valence-electron chi connectivity index (χ4n) is 1.99. The fraction of sp³-hybridized carbons (Fsp3) is 0.562. The highest BCUT2D eigenvalue weighted by atomic mass is 16.5. The van der Waals surface area contributed by atoms with Crippen molar-refractivity contribution >= 4 is 11.7 Å². The molecule has 4 N–H and O–H groups in total. The quantitative estimate of drug-likeness (QED) is 0.467. The van der Waals surface area contributed by atoms with Crippen LogP contribution in [0.5, 0.6) is 5.75 Å². The van der Waals surface area contributed by atoms with E-state index in [0.717, 1.165) is 0 Å². The minimum absolute atomic E-state index is 0.0274. The first kappa shape index (κ1) is 19.9. The summed E-state index contributed by atoms with van der Waals surface area (Å²) >= 11 is 0. The second kappa shape index (κ2) is 9.19. The Hall–Kier alpha value is -2.19. The molecule has 1 heterocycles. The summed E-state index contributed by atoms with van der Waals surface area (Å²) in [6.07, 6.45) is 1.58. The van der Waals surface area contributed by atoms with Crippen LogP contribution in [0.1, 0.15) is 37.6 Å². The van der Waals surface area contributed by atoms with Crippen molar-refractivity contribution in [2.24, 2.45) is 10.7 Å². The normalized spacial score (nSPS) is 11.8. The fourth-order valence-corrected chi connectivity index (χ4v) is 1.99. The van der Waals surface area contributed by atoms with E-state index < -0.39 is 0 Å². The number of carbonyl (C=O) groups excluding carboxylic acids is 1. The Morgan fingerprint density at radius 3 is 2.71 bits per heavy atom. The lowest BCUT2D eigenvalue weighted by Crippen LogP contribution is -2.37. The highest BCUT2D eigenvalue weighted by Crippen LogP contribution is 2.25. The van der Waals surface area contributed by atoms with Crippen LogP contribution < -0.4 is 5.73 Å². The van der Waals surface area contributed by atoms with Crippen LogP contribution in [0.25, 0.3) is 0 Å². The van der Waals surface area contributed by atoms with E-state index in [0.29, 0.717) is 16.8 Å². The molecular weight excluding hydrogens is 312 g/mol. The van der Waals surface area contributed by atoms with Gasteiger partial charge in [0.15, 0.2) is 5.96 Å². The molecule has 1 aromatic rings. The second-order valence-electron chi connectivity index (χ2n) is 5.81. The number of aliphatic imine (C=N–C) groups is 1. The minimum Gasteiger partial charge on any atom is -0.506 e. The summed E-state index contributed by atoms with van der Waals surface area (Å²) in [5.41, 5.74) is 7.08. The number of pyridine rings is 1. The number of ether oxygens (including phenoxy) is 1. The summed E-state index contributed by atoms with van der Waals surface area (Å²) < 4.78 is 5.48. The molecule has 0 aliphatic heterocycles. The molecule has 0 radical (unpaired) electrons. The van der Waals surface area contributed by atoms with E-state index in [-0.39, 0.29) is 49.9 Å². The molecule has 0 aliphatic rings. The van der Waals surface area contributed by atoms with Gasteiger partial charge in [-0.3, -0.25) is 9.78 Å². The van der Waals surface area contributed by atoms with Gasteiger partial charge in [-0.2, -0.15) is 0 Å². The predicted molar refractivity (Wildman–Crippen MR) is 90.4 cm³/mol. The zero-order valence-corrected chi connectivity index (χ0v) is 14.6. The predicted octanol–water partition coefficient (Wildman–Crippen LogP) is 0.540. The van der Waals surface area contributed by atoms with Gasteiger partial charge in [-0.25, -0.2) is 4.99 Å². The summed E-state index contributed by atoms with van der Waals surface area (Å²) in [4.78, 5) is 20.9. The highest BCUT2D eigenvalue weighted by Gasteiger charge is 2.14. The molecule has 1 aromatic heterocycles. The zero-order valence-electron chi connectivity index (χ0n) is 14.6. The third-order valence-corrected chi connectivity index (χ3v) is 3.30. The minimum atomic E-state index is -0.332. The van der Waals surface area contributed by atoms with E-state index in [4.69, 9.17) is 10.5 Å². The van der Waals surface area contributed by atoms with Crippen molar-refractivity contribution in [1.82, 2.24) is 9.88 Å². The number of hydrogen-bond donors (Lipinski definition) is 3.